The highest BCUT2D eigenvalue weighted by molar-refractivity contribution is 6.42. The third-order valence-electron chi connectivity index (χ3n) is 1.52. The molecule has 1 aromatic carbocycles. The fraction of sp³-hybridized carbons (Fsp3) is 0.200. The van der Waals surface area contributed by atoms with Gasteiger partial charge in [-0.3, -0.25) is 0 Å². The monoisotopic (exact) mass is 213 g/mol. The minimum atomic E-state index is 0.548. The molecule has 0 aliphatic rings. The topological polar surface area (TPSA) is 12.0 Å². The Hall–Kier alpha value is -0.840. The number of benzene rings is 1. The Morgan fingerprint density at radius 2 is 2.08 bits per heavy atom. The van der Waals surface area contributed by atoms with Gasteiger partial charge in [0.25, 0.3) is 0 Å². The van der Waals surface area contributed by atoms with Crippen molar-refractivity contribution in [2.45, 2.75) is 6.42 Å². The summed E-state index contributed by atoms with van der Waals surface area (Å²) in [6.45, 7) is 0.745. The molecule has 1 rings (SSSR count). The Morgan fingerprint density at radius 3 is 2.69 bits per heavy atom. The maximum Gasteiger partial charge on any atom is 0.0612 e. The zero-order valence-electron chi connectivity index (χ0n) is 6.98. The van der Waals surface area contributed by atoms with Crippen LogP contribution in [0.2, 0.25) is 10.0 Å². The van der Waals surface area contributed by atoms with Crippen molar-refractivity contribution in [3.05, 3.63) is 28.2 Å². The molecule has 0 spiro atoms. The Balaban J connectivity index is 2.59. The predicted octanol–water partition coefficient (Wildman–Crippen LogP) is 3.43. The van der Waals surface area contributed by atoms with Crippen LogP contribution in [0.4, 0.5) is 5.69 Å². The van der Waals surface area contributed by atoms with Gasteiger partial charge in [-0.25, -0.2) is 0 Å². The van der Waals surface area contributed by atoms with E-state index in [1.807, 2.05) is 6.07 Å². The minimum Gasteiger partial charge on any atom is -0.384 e. The summed E-state index contributed by atoms with van der Waals surface area (Å²) in [7, 11) is 0. The first-order chi connectivity index (χ1) is 6.24. The van der Waals surface area contributed by atoms with Crippen LogP contribution in [0, 0.1) is 12.3 Å². The van der Waals surface area contributed by atoms with Crippen molar-refractivity contribution < 1.29 is 0 Å². The van der Waals surface area contributed by atoms with Crippen molar-refractivity contribution in [3.8, 4) is 12.3 Å². The third-order valence-corrected chi connectivity index (χ3v) is 2.26. The highest BCUT2D eigenvalue weighted by Gasteiger charge is 1.97. The molecule has 68 valence electrons. The normalized spacial score (nSPS) is 9.31. The summed E-state index contributed by atoms with van der Waals surface area (Å²) in [5.41, 5.74) is 0.935. The van der Waals surface area contributed by atoms with Gasteiger partial charge < -0.3 is 5.32 Å². The van der Waals surface area contributed by atoms with Gasteiger partial charge in [0.05, 0.1) is 10.0 Å². The molecule has 0 radical (unpaired) electrons. The minimum absolute atomic E-state index is 0.548. The summed E-state index contributed by atoms with van der Waals surface area (Å²) in [6, 6.07) is 5.40. The number of hydrogen-bond donors (Lipinski definition) is 1. The van der Waals surface area contributed by atoms with Crippen molar-refractivity contribution in [1.82, 2.24) is 0 Å². The molecule has 0 heterocycles. The summed E-state index contributed by atoms with van der Waals surface area (Å²) in [6.07, 6.45) is 5.80. The molecule has 0 aromatic heterocycles. The smallest absolute Gasteiger partial charge is 0.0612 e. The van der Waals surface area contributed by atoms with E-state index in [0.29, 0.717) is 16.5 Å². The molecule has 1 N–H and O–H groups in total. The standard InChI is InChI=1S/C10H9Cl2N/c1-2-3-6-13-8-4-5-9(11)10(12)7-8/h1,4-5,7,13H,3,6H2. The SMILES string of the molecule is C#CCCNc1ccc(Cl)c(Cl)c1. The molecule has 13 heavy (non-hydrogen) atoms. The van der Waals surface area contributed by atoms with Gasteiger partial charge in [-0.15, -0.1) is 12.3 Å². The summed E-state index contributed by atoms with van der Waals surface area (Å²) in [5.74, 6) is 2.54. The molecule has 0 amide bonds. The molecule has 0 aliphatic carbocycles. The van der Waals surface area contributed by atoms with Crippen LogP contribution in [0.3, 0.4) is 0 Å². The van der Waals surface area contributed by atoms with E-state index in [9.17, 15) is 0 Å². The lowest BCUT2D eigenvalue weighted by Crippen LogP contribution is -1.99. The second-order valence-corrected chi connectivity index (χ2v) is 3.32. The van der Waals surface area contributed by atoms with E-state index in [0.717, 1.165) is 12.2 Å². The largest absolute Gasteiger partial charge is 0.384 e. The molecule has 0 atom stereocenters. The van der Waals surface area contributed by atoms with E-state index < -0.39 is 0 Å². The van der Waals surface area contributed by atoms with E-state index in [4.69, 9.17) is 29.6 Å². The lowest BCUT2D eigenvalue weighted by molar-refractivity contribution is 1.10. The first-order valence-corrected chi connectivity index (χ1v) is 4.62. The average Bonchev–Trinajstić information content (AvgIpc) is 2.12. The Bertz CT molecular complexity index is 328. The number of rotatable bonds is 3. The Labute approximate surface area is 88.0 Å². The van der Waals surface area contributed by atoms with Gasteiger partial charge in [0.2, 0.25) is 0 Å². The predicted molar refractivity (Wildman–Crippen MR) is 58.4 cm³/mol. The van der Waals surface area contributed by atoms with Gasteiger partial charge in [-0.05, 0) is 18.2 Å². The van der Waals surface area contributed by atoms with Gasteiger partial charge >= 0.3 is 0 Å². The van der Waals surface area contributed by atoms with Crippen molar-refractivity contribution >= 4 is 28.9 Å². The number of anilines is 1. The van der Waals surface area contributed by atoms with Gasteiger partial charge in [0.15, 0.2) is 0 Å². The number of hydrogen-bond acceptors (Lipinski definition) is 1. The number of nitrogens with one attached hydrogen (secondary N) is 1. The second kappa shape index (κ2) is 5.01. The Morgan fingerprint density at radius 1 is 1.31 bits per heavy atom. The molecule has 0 aliphatic heterocycles. The third kappa shape index (κ3) is 3.18. The van der Waals surface area contributed by atoms with Crippen molar-refractivity contribution in [3.63, 3.8) is 0 Å². The van der Waals surface area contributed by atoms with E-state index in [1.54, 1.807) is 12.1 Å². The zero-order chi connectivity index (χ0) is 9.68. The summed E-state index contributed by atoms with van der Waals surface area (Å²) in [5, 5.41) is 4.24. The Kier molecular flexibility index (Phi) is 3.95. The van der Waals surface area contributed by atoms with E-state index in [1.165, 1.54) is 0 Å². The average molecular weight is 214 g/mol. The molecule has 0 saturated carbocycles. The molecule has 3 heteroatoms. The first-order valence-electron chi connectivity index (χ1n) is 3.86. The molecule has 0 unspecified atom stereocenters. The van der Waals surface area contributed by atoms with Gasteiger partial charge in [-0.1, -0.05) is 23.2 Å². The van der Waals surface area contributed by atoms with Crippen molar-refractivity contribution in [2.75, 3.05) is 11.9 Å². The molecule has 0 bridgehead atoms. The van der Waals surface area contributed by atoms with Crippen LogP contribution in [0.25, 0.3) is 0 Å². The van der Waals surface area contributed by atoms with Gasteiger partial charge in [-0.2, -0.15) is 0 Å². The maximum atomic E-state index is 5.81. The van der Waals surface area contributed by atoms with Gasteiger partial charge in [0.1, 0.15) is 0 Å². The van der Waals surface area contributed by atoms with Crippen molar-refractivity contribution in [2.24, 2.45) is 0 Å². The maximum absolute atomic E-state index is 5.81. The van der Waals surface area contributed by atoms with Crippen LogP contribution in [0.1, 0.15) is 6.42 Å². The molecular formula is C10H9Cl2N. The van der Waals surface area contributed by atoms with E-state index >= 15 is 0 Å². The molecule has 0 fully saturated rings. The highest BCUT2D eigenvalue weighted by atomic mass is 35.5. The molecule has 1 aromatic rings. The van der Waals surface area contributed by atoms with E-state index in [2.05, 4.69) is 11.2 Å². The fourth-order valence-corrected chi connectivity index (χ4v) is 1.18. The molecular weight excluding hydrogens is 205 g/mol. The number of terminal acetylenes is 1. The summed E-state index contributed by atoms with van der Waals surface area (Å²) in [4.78, 5) is 0. The van der Waals surface area contributed by atoms with Crippen LogP contribution in [0.5, 0.6) is 0 Å². The first kappa shape index (κ1) is 10.2. The summed E-state index contributed by atoms with van der Waals surface area (Å²) >= 11 is 11.6. The highest BCUT2D eigenvalue weighted by Crippen LogP contribution is 2.24. The van der Waals surface area contributed by atoms with Gasteiger partial charge in [0, 0.05) is 18.7 Å². The zero-order valence-corrected chi connectivity index (χ0v) is 8.49. The quantitative estimate of drug-likeness (QED) is 0.600. The van der Waals surface area contributed by atoms with Crippen LogP contribution < -0.4 is 5.32 Å². The van der Waals surface area contributed by atoms with Crippen LogP contribution in [0.15, 0.2) is 18.2 Å². The molecule has 1 nitrogen and oxygen atoms in total. The summed E-state index contributed by atoms with van der Waals surface area (Å²) < 4.78 is 0. The lowest BCUT2D eigenvalue weighted by Gasteiger charge is -2.04. The van der Waals surface area contributed by atoms with Crippen LogP contribution in [-0.4, -0.2) is 6.54 Å². The second-order valence-electron chi connectivity index (χ2n) is 2.51. The fourth-order valence-electron chi connectivity index (χ4n) is 0.885. The van der Waals surface area contributed by atoms with Crippen LogP contribution >= 0.6 is 23.2 Å². The van der Waals surface area contributed by atoms with Crippen LogP contribution in [-0.2, 0) is 0 Å². The van der Waals surface area contributed by atoms with E-state index in [-0.39, 0.29) is 0 Å². The lowest BCUT2D eigenvalue weighted by atomic mass is 10.3. The number of halogens is 2. The van der Waals surface area contributed by atoms with Crippen molar-refractivity contribution in [1.29, 1.82) is 0 Å². The molecule has 0 saturated heterocycles.